The molecule has 2 fully saturated rings. The normalized spacial score (nSPS) is 33.2. The Morgan fingerprint density at radius 3 is 1.52 bits per heavy atom. The number of rotatable bonds is 0. The molecule has 0 amide bonds. The van der Waals surface area contributed by atoms with Gasteiger partial charge < -0.3 is 21.3 Å². The van der Waals surface area contributed by atoms with Gasteiger partial charge in [-0.15, -0.1) is 0 Å². The first-order chi connectivity index (χ1) is 13.3. The van der Waals surface area contributed by atoms with Gasteiger partial charge in [-0.3, -0.25) is 4.98 Å². The summed E-state index contributed by atoms with van der Waals surface area (Å²) in [5, 5.41) is 15.9. The summed E-state index contributed by atoms with van der Waals surface area (Å²) in [6.45, 7) is 3.68. The molecule has 0 aromatic carbocycles. The molecule has 0 radical (unpaired) electrons. The first kappa shape index (κ1) is 19.6. The summed E-state index contributed by atoms with van der Waals surface area (Å²) >= 11 is 6.39. The molecule has 1 aromatic rings. The van der Waals surface area contributed by atoms with Gasteiger partial charge in [-0.2, -0.15) is 0 Å². The van der Waals surface area contributed by atoms with Gasteiger partial charge in [0.05, 0.1) is 11.4 Å². The number of pyridine rings is 1. The molecule has 4 N–H and O–H groups in total. The number of nitrogens with zero attached hydrogens (tertiary/aromatic N) is 1. The highest BCUT2D eigenvalue weighted by Crippen LogP contribution is 2.21. The van der Waals surface area contributed by atoms with Crippen LogP contribution in [-0.4, -0.2) is 42.2 Å². The highest BCUT2D eigenvalue weighted by atomic mass is 35.5. The summed E-state index contributed by atoms with van der Waals surface area (Å²) in [5.41, 5.74) is 2.11. The number of aromatic nitrogens is 1. The number of hydrogen-bond donors (Lipinski definition) is 4. The Morgan fingerprint density at radius 2 is 1.07 bits per heavy atom. The van der Waals surface area contributed by atoms with Gasteiger partial charge in [-0.25, -0.2) is 0 Å². The number of hydrogen-bond acceptors (Lipinski definition) is 5. The average molecular weight is 392 g/mol. The van der Waals surface area contributed by atoms with Crippen molar-refractivity contribution in [2.45, 2.75) is 88.6 Å². The zero-order valence-corrected chi connectivity index (χ0v) is 17.0. The Hall–Kier alpha value is -0.720. The van der Waals surface area contributed by atoms with Crippen LogP contribution in [0.1, 0.15) is 62.8 Å². The molecule has 27 heavy (non-hydrogen) atoms. The van der Waals surface area contributed by atoms with E-state index in [2.05, 4.69) is 21.3 Å². The molecule has 6 heteroatoms. The molecule has 1 aliphatic heterocycles. The van der Waals surface area contributed by atoms with Crippen LogP contribution < -0.4 is 21.3 Å². The van der Waals surface area contributed by atoms with Gasteiger partial charge in [0, 0.05) is 55.4 Å². The third kappa shape index (κ3) is 5.42. The maximum atomic E-state index is 6.39. The van der Waals surface area contributed by atoms with Crippen molar-refractivity contribution < 1.29 is 0 Å². The second kappa shape index (κ2) is 9.66. The van der Waals surface area contributed by atoms with E-state index in [0.29, 0.717) is 24.2 Å². The van der Waals surface area contributed by atoms with Crippen molar-refractivity contribution in [3.8, 4) is 0 Å². The SMILES string of the molecule is Clc1cc2nc(c1)CN[C@@H]1CCCCC1NCCN[C@@H]1CCCCC1NC2. The Balaban J connectivity index is 1.51. The highest BCUT2D eigenvalue weighted by Gasteiger charge is 2.26. The molecular formula is C21H34ClN5. The van der Waals surface area contributed by atoms with E-state index in [-0.39, 0.29) is 0 Å². The fourth-order valence-electron chi connectivity index (χ4n) is 5.02. The van der Waals surface area contributed by atoms with Crippen LogP contribution in [0.4, 0.5) is 0 Å². The molecule has 2 aliphatic carbocycles. The Labute approximate surface area is 168 Å². The van der Waals surface area contributed by atoms with E-state index in [4.69, 9.17) is 16.6 Å². The van der Waals surface area contributed by atoms with Crippen LogP contribution in [0.15, 0.2) is 12.1 Å². The van der Waals surface area contributed by atoms with Gasteiger partial charge in [-0.1, -0.05) is 37.3 Å². The van der Waals surface area contributed by atoms with Gasteiger partial charge in [0.15, 0.2) is 0 Å². The molecule has 2 unspecified atom stereocenters. The molecule has 4 atom stereocenters. The van der Waals surface area contributed by atoms with Crippen LogP contribution in [0.2, 0.25) is 5.02 Å². The maximum Gasteiger partial charge on any atom is 0.0560 e. The van der Waals surface area contributed by atoms with Gasteiger partial charge in [0.1, 0.15) is 0 Å². The molecule has 2 saturated carbocycles. The number of nitrogens with one attached hydrogen (secondary N) is 4. The Kier molecular flexibility index (Phi) is 7.01. The second-order valence-electron chi connectivity index (χ2n) is 8.43. The fourth-order valence-corrected chi connectivity index (χ4v) is 5.27. The van der Waals surface area contributed by atoms with E-state index in [1.54, 1.807) is 0 Å². The molecule has 4 rings (SSSR count). The number of fused-ring (bicyclic) bond motifs is 4. The third-order valence-electron chi connectivity index (χ3n) is 6.46. The van der Waals surface area contributed by atoms with Gasteiger partial charge in [0.2, 0.25) is 0 Å². The maximum absolute atomic E-state index is 6.39. The minimum Gasteiger partial charge on any atom is -0.311 e. The fraction of sp³-hybridized carbons (Fsp3) is 0.762. The summed E-state index contributed by atoms with van der Waals surface area (Å²) < 4.78 is 0. The standard InChI is InChI=1S/C21H34ClN5/c22-15-11-16-13-25-20-7-3-1-5-18(20)23-9-10-24-19-6-2-4-8-21(19)26-14-17(12-15)27-16/h11-12,18-21,23-26H,1-10,13-14H2/t18-,19?,20?,21-/m1/s1. The van der Waals surface area contributed by atoms with Crippen LogP contribution in [0, 0.1) is 0 Å². The number of halogens is 1. The monoisotopic (exact) mass is 391 g/mol. The van der Waals surface area contributed by atoms with Crippen LogP contribution in [0.3, 0.4) is 0 Å². The summed E-state index contributed by atoms with van der Waals surface area (Å²) in [6, 6.07) is 6.18. The molecular weight excluding hydrogens is 358 g/mol. The minimum absolute atomic E-state index is 0.522. The van der Waals surface area contributed by atoms with Crippen molar-refractivity contribution in [1.82, 2.24) is 26.3 Å². The molecule has 0 spiro atoms. The smallest absolute Gasteiger partial charge is 0.0560 e. The van der Waals surface area contributed by atoms with E-state index in [0.717, 1.165) is 42.6 Å². The first-order valence-electron chi connectivity index (χ1n) is 10.9. The van der Waals surface area contributed by atoms with Gasteiger partial charge in [-0.05, 0) is 37.8 Å². The van der Waals surface area contributed by atoms with E-state index >= 15 is 0 Å². The zero-order chi connectivity index (χ0) is 18.5. The zero-order valence-electron chi connectivity index (χ0n) is 16.3. The Morgan fingerprint density at radius 1 is 0.667 bits per heavy atom. The van der Waals surface area contributed by atoms with E-state index < -0.39 is 0 Å². The molecule has 5 nitrogen and oxygen atoms in total. The van der Waals surface area contributed by atoms with Gasteiger partial charge >= 0.3 is 0 Å². The van der Waals surface area contributed by atoms with E-state index in [1.165, 1.54) is 51.4 Å². The quantitative estimate of drug-likeness (QED) is 0.547. The lowest BCUT2D eigenvalue weighted by Gasteiger charge is -2.34. The molecule has 3 aliphatic rings. The van der Waals surface area contributed by atoms with Crippen molar-refractivity contribution in [2.75, 3.05) is 13.1 Å². The van der Waals surface area contributed by atoms with E-state index in [9.17, 15) is 0 Å². The molecule has 0 saturated heterocycles. The lowest BCUT2D eigenvalue weighted by molar-refractivity contribution is 0.266. The summed E-state index contributed by atoms with van der Waals surface area (Å²) in [5.74, 6) is 0. The van der Waals surface area contributed by atoms with Crippen LogP contribution in [0.5, 0.6) is 0 Å². The lowest BCUT2D eigenvalue weighted by atomic mass is 9.89. The first-order valence-corrected chi connectivity index (χ1v) is 11.2. The topological polar surface area (TPSA) is 61.0 Å². The molecule has 150 valence electrons. The van der Waals surface area contributed by atoms with Crippen LogP contribution >= 0.6 is 11.6 Å². The van der Waals surface area contributed by atoms with Crippen molar-refractivity contribution in [1.29, 1.82) is 0 Å². The van der Waals surface area contributed by atoms with Crippen LogP contribution in [0.25, 0.3) is 0 Å². The lowest BCUT2D eigenvalue weighted by Crippen LogP contribution is -2.53. The summed E-state index contributed by atoms with van der Waals surface area (Å²) in [4.78, 5) is 4.87. The molecule has 2 heterocycles. The predicted molar refractivity (Wildman–Crippen MR) is 111 cm³/mol. The van der Waals surface area contributed by atoms with Crippen molar-refractivity contribution in [3.63, 3.8) is 0 Å². The van der Waals surface area contributed by atoms with Crippen LogP contribution in [-0.2, 0) is 13.1 Å². The van der Waals surface area contributed by atoms with Crippen molar-refractivity contribution >= 4 is 11.6 Å². The predicted octanol–water partition coefficient (Wildman–Crippen LogP) is 2.73. The molecule has 2 bridgehead atoms. The third-order valence-corrected chi connectivity index (χ3v) is 6.68. The van der Waals surface area contributed by atoms with E-state index in [1.807, 2.05) is 12.1 Å². The minimum atomic E-state index is 0.522. The summed E-state index contributed by atoms with van der Waals surface area (Å²) in [6.07, 6.45) is 10.3. The largest absolute Gasteiger partial charge is 0.311 e. The van der Waals surface area contributed by atoms with Gasteiger partial charge in [0.25, 0.3) is 0 Å². The molecule has 1 aromatic heterocycles. The summed E-state index contributed by atoms with van der Waals surface area (Å²) in [7, 11) is 0. The average Bonchev–Trinajstić information content (AvgIpc) is 2.69. The highest BCUT2D eigenvalue weighted by molar-refractivity contribution is 6.30. The Bertz CT molecular complexity index is 562. The second-order valence-corrected chi connectivity index (χ2v) is 8.87. The van der Waals surface area contributed by atoms with Crippen molar-refractivity contribution in [2.24, 2.45) is 0 Å². The van der Waals surface area contributed by atoms with Crippen molar-refractivity contribution in [3.05, 3.63) is 28.5 Å².